The van der Waals surface area contributed by atoms with Crippen molar-refractivity contribution in [1.82, 2.24) is 0 Å². The Kier molecular flexibility index (Phi) is 2.94. The number of aryl methyl sites for hydroxylation is 1. The number of nitrogens with two attached hydrogens (primary N) is 1. The van der Waals surface area contributed by atoms with E-state index in [1.165, 1.54) is 0 Å². The molecule has 0 fully saturated rings. The number of halogens is 1. The van der Waals surface area contributed by atoms with Gasteiger partial charge in [-0.1, -0.05) is 23.6 Å². The molecule has 0 aliphatic rings. The number of benzene rings is 1. The molecule has 0 spiro atoms. The highest BCUT2D eigenvalue weighted by molar-refractivity contribution is 6.31. The highest BCUT2D eigenvalue weighted by Gasteiger charge is 1.94. The molecule has 0 atom stereocenters. The zero-order valence-electron chi connectivity index (χ0n) is 7.10. The quantitative estimate of drug-likeness (QED) is 0.624. The smallest absolute Gasteiger partial charge is 0.293 e. The van der Waals surface area contributed by atoms with Crippen LogP contribution >= 0.6 is 11.6 Å². The van der Waals surface area contributed by atoms with E-state index in [2.05, 4.69) is 11.8 Å². The maximum absolute atomic E-state index is 10.3. The summed E-state index contributed by atoms with van der Waals surface area (Å²) >= 11 is 5.85. The van der Waals surface area contributed by atoms with E-state index in [1.807, 2.05) is 13.0 Å². The average Bonchev–Trinajstić information content (AvgIpc) is 2.07. The second-order valence-electron chi connectivity index (χ2n) is 2.58. The number of hydrogen-bond donors (Lipinski definition) is 1. The first kappa shape index (κ1) is 9.63. The Morgan fingerprint density at radius 2 is 2.23 bits per heavy atom. The Labute approximate surface area is 81.7 Å². The van der Waals surface area contributed by atoms with Crippen molar-refractivity contribution < 1.29 is 4.79 Å². The summed E-state index contributed by atoms with van der Waals surface area (Å²) in [5.74, 6) is 4.20. The Morgan fingerprint density at radius 1 is 1.54 bits per heavy atom. The van der Waals surface area contributed by atoms with E-state index in [4.69, 9.17) is 17.3 Å². The maximum atomic E-state index is 10.3. The number of carbonyl (C=O) groups excluding carboxylic acids is 1. The van der Waals surface area contributed by atoms with Crippen molar-refractivity contribution in [2.45, 2.75) is 6.92 Å². The van der Waals surface area contributed by atoms with Crippen LogP contribution in [0.4, 0.5) is 0 Å². The lowest BCUT2D eigenvalue weighted by Gasteiger charge is -1.96. The minimum absolute atomic E-state index is 0.635. The molecule has 2 nitrogen and oxygen atoms in total. The first-order valence-corrected chi connectivity index (χ1v) is 4.05. The third kappa shape index (κ3) is 2.81. The summed E-state index contributed by atoms with van der Waals surface area (Å²) in [5, 5.41) is 0.635. The highest BCUT2D eigenvalue weighted by atomic mass is 35.5. The summed E-state index contributed by atoms with van der Waals surface area (Å²) in [4.78, 5) is 10.3. The summed E-state index contributed by atoms with van der Waals surface area (Å²) < 4.78 is 0. The van der Waals surface area contributed by atoms with Gasteiger partial charge in [0.15, 0.2) is 0 Å². The average molecular weight is 194 g/mol. The fourth-order valence-corrected chi connectivity index (χ4v) is 0.985. The minimum Gasteiger partial charge on any atom is -0.359 e. The summed E-state index contributed by atoms with van der Waals surface area (Å²) in [7, 11) is 0. The zero-order valence-corrected chi connectivity index (χ0v) is 7.85. The van der Waals surface area contributed by atoms with Crippen LogP contribution in [0, 0.1) is 18.8 Å². The number of rotatable bonds is 0. The van der Waals surface area contributed by atoms with Crippen LogP contribution in [-0.2, 0) is 4.79 Å². The molecule has 1 aromatic rings. The molecule has 2 N–H and O–H groups in total. The van der Waals surface area contributed by atoms with E-state index in [0.29, 0.717) is 10.6 Å². The minimum atomic E-state index is -0.642. The second kappa shape index (κ2) is 3.97. The van der Waals surface area contributed by atoms with Gasteiger partial charge >= 0.3 is 0 Å². The second-order valence-corrected chi connectivity index (χ2v) is 2.99. The molecular weight excluding hydrogens is 186 g/mol. The Bertz CT molecular complexity index is 401. The molecule has 0 aliphatic carbocycles. The van der Waals surface area contributed by atoms with E-state index in [0.717, 1.165) is 5.56 Å². The van der Waals surface area contributed by atoms with Gasteiger partial charge in [0, 0.05) is 10.6 Å². The largest absolute Gasteiger partial charge is 0.359 e. The van der Waals surface area contributed by atoms with Gasteiger partial charge in [-0.3, -0.25) is 4.79 Å². The fourth-order valence-electron chi connectivity index (χ4n) is 0.804. The Morgan fingerprint density at radius 3 is 2.77 bits per heavy atom. The molecule has 0 heterocycles. The molecule has 0 saturated heterocycles. The number of primary amides is 1. The van der Waals surface area contributed by atoms with E-state index >= 15 is 0 Å². The maximum Gasteiger partial charge on any atom is 0.293 e. The molecule has 1 rings (SSSR count). The van der Waals surface area contributed by atoms with Gasteiger partial charge < -0.3 is 5.73 Å². The van der Waals surface area contributed by atoms with Gasteiger partial charge in [-0.2, -0.15) is 0 Å². The molecule has 0 bridgehead atoms. The van der Waals surface area contributed by atoms with Gasteiger partial charge in [-0.05, 0) is 30.5 Å². The highest BCUT2D eigenvalue weighted by Crippen LogP contribution is 2.15. The molecular formula is C10H8ClNO. The van der Waals surface area contributed by atoms with Crippen LogP contribution in [-0.4, -0.2) is 5.91 Å². The van der Waals surface area contributed by atoms with E-state index in [1.54, 1.807) is 12.1 Å². The molecule has 3 heteroatoms. The molecule has 0 aromatic heterocycles. The summed E-state index contributed by atoms with van der Waals surface area (Å²) in [5.41, 5.74) is 6.53. The van der Waals surface area contributed by atoms with E-state index in [9.17, 15) is 4.79 Å². The van der Waals surface area contributed by atoms with Gasteiger partial charge in [0.1, 0.15) is 0 Å². The van der Waals surface area contributed by atoms with Crippen LogP contribution in [0.2, 0.25) is 5.02 Å². The molecule has 66 valence electrons. The van der Waals surface area contributed by atoms with Gasteiger partial charge in [0.25, 0.3) is 5.91 Å². The SMILES string of the molecule is Cc1ccc(C#CC(N)=O)cc1Cl. The topological polar surface area (TPSA) is 43.1 Å². The lowest BCUT2D eigenvalue weighted by Crippen LogP contribution is -2.06. The van der Waals surface area contributed by atoms with Crippen molar-refractivity contribution in [2.75, 3.05) is 0 Å². The third-order valence-electron chi connectivity index (χ3n) is 1.50. The van der Waals surface area contributed by atoms with Crippen LogP contribution in [0.25, 0.3) is 0 Å². The molecule has 1 amide bonds. The normalized spacial score (nSPS) is 8.77. The predicted octanol–water partition coefficient (Wildman–Crippen LogP) is 1.49. The zero-order chi connectivity index (χ0) is 9.84. The first-order chi connectivity index (χ1) is 6.09. The molecule has 0 aliphatic heterocycles. The van der Waals surface area contributed by atoms with E-state index in [-0.39, 0.29) is 0 Å². The van der Waals surface area contributed by atoms with Crippen molar-refractivity contribution in [3.05, 3.63) is 34.3 Å². The molecule has 13 heavy (non-hydrogen) atoms. The molecule has 0 saturated carbocycles. The first-order valence-electron chi connectivity index (χ1n) is 3.67. The van der Waals surface area contributed by atoms with Crippen LogP contribution < -0.4 is 5.73 Å². The lowest BCUT2D eigenvalue weighted by atomic mass is 10.1. The van der Waals surface area contributed by atoms with Gasteiger partial charge in [0.2, 0.25) is 0 Å². The summed E-state index contributed by atoms with van der Waals surface area (Å²) in [6, 6.07) is 5.33. The van der Waals surface area contributed by atoms with Crippen molar-refractivity contribution in [2.24, 2.45) is 5.73 Å². The van der Waals surface area contributed by atoms with Gasteiger partial charge in [0.05, 0.1) is 0 Å². The standard InChI is InChI=1S/C10H8ClNO/c1-7-2-3-8(6-9(7)11)4-5-10(12)13/h2-3,6H,1H3,(H2,12,13). The number of carbonyl (C=O) groups is 1. The lowest BCUT2D eigenvalue weighted by molar-refractivity contribution is -0.112. The molecule has 1 aromatic carbocycles. The Balaban J connectivity index is 3.00. The summed E-state index contributed by atoms with van der Waals surface area (Å²) in [6.07, 6.45) is 0. The van der Waals surface area contributed by atoms with Crippen LogP contribution in [0.5, 0.6) is 0 Å². The fraction of sp³-hybridized carbons (Fsp3) is 0.100. The van der Waals surface area contributed by atoms with Crippen molar-refractivity contribution in [3.8, 4) is 11.8 Å². The number of amides is 1. The molecule has 0 unspecified atom stereocenters. The van der Waals surface area contributed by atoms with Gasteiger partial charge in [-0.25, -0.2) is 0 Å². The third-order valence-corrected chi connectivity index (χ3v) is 1.91. The van der Waals surface area contributed by atoms with Crippen LogP contribution in [0.3, 0.4) is 0 Å². The van der Waals surface area contributed by atoms with Crippen LogP contribution in [0.1, 0.15) is 11.1 Å². The van der Waals surface area contributed by atoms with Crippen molar-refractivity contribution in [3.63, 3.8) is 0 Å². The van der Waals surface area contributed by atoms with Crippen molar-refractivity contribution >= 4 is 17.5 Å². The Hall–Kier alpha value is -1.46. The monoisotopic (exact) mass is 193 g/mol. The number of hydrogen-bond acceptors (Lipinski definition) is 1. The van der Waals surface area contributed by atoms with Gasteiger partial charge in [-0.15, -0.1) is 0 Å². The van der Waals surface area contributed by atoms with E-state index < -0.39 is 5.91 Å². The summed E-state index contributed by atoms with van der Waals surface area (Å²) in [6.45, 7) is 1.90. The van der Waals surface area contributed by atoms with Crippen LogP contribution in [0.15, 0.2) is 18.2 Å². The predicted molar refractivity (Wildman–Crippen MR) is 52.3 cm³/mol. The molecule has 0 radical (unpaired) electrons. The van der Waals surface area contributed by atoms with Crippen molar-refractivity contribution in [1.29, 1.82) is 0 Å².